The Labute approximate surface area is 109 Å². The van der Waals surface area contributed by atoms with Gasteiger partial charge in [0.15, 0.2) is 11.6 Å². The molecule has 1 aromatic rings. The molecular weight excluding hydrogens is 236 g/mol. The lowest BCUT2D eigenvalue weighted by Gasteiger charge is -2.13. The monoisotopic (exact) mass is 256 g/mol. The summed E-state index contributed by atoms with van der Waals surface area (Å²) in [5.41, 5.74) is 0. The van der Waals surface area contributed by atoms with Gasteiger partial charge in [0.05, 0.1) is 12.0 Å². The predicted octanol–water partition coefficient (Wildman–Crippen LogP) is 3.69. The molecule has 17 heavy (non-hydrogen) atoms. The number of anilines is 1. The van der Waals surface area contributed by atoms with Crippen LogP contribution in [-0.2, 0) is 0 Å². The number of nitrogens with zero attached hydrogens (tertiary/aromatic N) is 1. The zero-order valence-electron chi connectivity index (χ0n) is 10.6. The Kier molecular flexibility index (Phi) is 6.78. The zero-order valence-corrected chi connectivity index (χ0v) is 11.3. The van der Waals surface area contributed by atoms with Gasteiger partial charge < -0.3 is 10.1 Å². The highest BCUT2D eigenvalue weighted by Gasteiger charge is 2.07. The maximum atomic E-state index is 6.16. The van der Waals surface area contributed by atoms with Crippen molar-refractivity contribution < 1.29 is 4.74 Å². The van der Waals surface area contributed by atoms with Gasteiger partial charge in [-0.25, -0.2) is 4.98 Å². The van der Waals surface area contributed by atoms with E-state index in [1.54, 1.807) is 6.20 Å². The molecule has 1 unspecified atom stereocenters. The molecular formula is C13H21ClN2O. The van der Waals surface area contributed by atoms with Crippen LogP contribution in [0.1, 0.15) is 33.1 Å². The van der Waals surface area contributed by atoms with Crippen LogP contribution in [0.2, 0.25) is 0 Å². The summed E-state index contributed by atoms with van der Waals surface area (Å²) in [7, 11) is 0. The first kappa shape index (κ1) is 14.1. The first-order chi connectivity index (χ1) is 8.27. The lowest BCUT2D eigenvalue weighted by Crippen LogP contribution is -2.15. The predicted molar refractivity (Wildman–Crippen MR) is 73.1 cm³/mol. The summed E-state index contributed by atoms with van der Waals surface area (Å²) >= 11 is 6.16. The van der Waals surface area contributed by atoms with E-state index >= 15 is 0 Å². The van der Waals surface area contributed by atoms with Crippen molar-refractivity contribution in [3.05, 3.63) is 18.3 Å². The number of alkyl halides is 1. The van der Waals surface area contributed by atoms with Gasteiger partial charge in [-0.15, -0.1) is 11.6 Å². The molecule has 1 rings (SSSR count). The van der Waals surface area contributed by atoms with Crippen LogP contribution in [0.5, 0.6) is 5.75 Å². The van der Waals surface area contributed by atoms with Crippen LogP contribution in [0.25, 0.3) is 0 Å². The van der Waals surface area contributed by atoms with Crippen LogP contribution in [0, 0.1) is 0 Å². The fourth-order valence-electron chi connectivity index (χ4n) is 1.47. The van der Waals surface area contributed by atoms with Gasteiger partial charge >= 0.3 is 0 Å². The number of ether oxygens (including phenoxy) is 1. The van der Waals surface area contributed by atoms with Crippen molar-refractivity contribution >= 4 is 17.4 Å². The van der Waals surface area contributed by atoms with E-state index < -0.39 is 0 Å². The molecule has 0 saturated carbocycles. The lowest BCUT2D eigenvalue weighted by molar-refractivity contribution is 0.318. The molecule has 1 N–H and O–H groups in total. The van der Waals surface area contributed by atoms with E-state index in [1.807, 2.05) is 12.1 Å². The first-order valence-corrected chi connectivity index (χ1v) is 6.67. The Hall–Kier alpha value is -0.960. The second-order valence-electron chi connectivity index (χ2n) is 3.97. The van der Waals surface area contributed by atoms with Crippen molar-refractivity contribution in [1.29, 1.82) is 0 Å². The molecule has 0 saturated heterocycles. The van der Waals surface area contributed by atoms with Crippen molar-refractivity contribution in [3.63, 3.8) is 0 Å². The highest BCUT2D eigenvalue weighted by Crippen LogP contribution is 2.21. The minimum atomic E-state index is 0.140. The Balaban J connectivity index is 2.51. The molecule has 4 heteroatoms. The SMILES string of the molecule is CCCOc1cccnc1NCC(Cl)CCC. The van der Waals surface area contributed by atoms with Crippen LogP contribution >= 0.6 is 11.6 Å². The van der Waals surface area contributed by atoms with Gasteiger partial charge in [-0.05, 0) is 25.0 Å². The number of rotatable bonds is 8. The summed E-state index contributed by atoms with van der Waals surface area (Å²) in [5.74, 6) is 1.58. The fraction of sp³-hybridized carbons (Fsp3) is 0.615. The Morgan fingerprint density at radius 3 is 2.94 bits per heavy atom. The zero-order chi connectivity index (χ0) is 12.5. The van der Waals surface area contributed by atoms with Gasteiger partial charge in [-0.2, -0.15) is 0 Å². The van der Waals surface area contributed by atoms with E-state index in [4.69, 9.17) is 16.3 Å². The van der Waals surface area contributed by atoms with Gasteiger partial charge in [-0.3, -0.25) is 0 Å². The topological polar surface area (TPSA) is 34.1 Å². The third kappa shape index (κ3) is 5.26. The van der Waals surface area contributed by atoms with Crippen molar-refractivity contribution in [2.24, 2.45) is 0 Å². The minimum absolute atomic E-state index is 0.140. The summed E-state index contributed by atoms with van der Waals surface area (Å²) in [5, 5.41) is 3.38. The minimum Gasteiger partial charge on any atom is -0.490 e. The van der Waals surface area contributed by atoms with Gasteiger partial charge in [0, 0.05) is 12.7 Å². The smallest absolute Gasteiger partial charge is 0.168 e. The highest BCUT2D eigenvalue weighted by molar-refractivity contribution is 6.20. The van der Waals surface area contributed by atoms with E-state index in [-0.39, 0.29) is 5.38 Å². The maximum Gasteiger partial charge on any atom is 0.168 e. The van der Waals surface area contributed by atoms with Crippen LogP contribution in [0.4, 0.5) is 5.82 Å². The molecule has 1 aromatic heterocycles. The number of hydrogen-bond donors (Lipinski definition) is 1. The van der Waals surface area contributed by atoms with Gasteiger partial charge in [0.1, 0.15) is 0 Å². The fourth-order valence-corrected chi connectivity index (χ4v) is 1.77. The molecule has 1 heterocycles. The van der Waals surface area contributed by atoms with Crippen molar-refractivity contribution in [2.75, 3.05) is 18.5 Å². The third-order valence-corrected chi connectivity index (χ3v) is 2.70. The van der Waals surface area contributed by atoms with E-state index in [9.17, 15) is 0 Å². The molecule has 0 radical (unpaired) electrons. The number of hydrogen-bond acceptors (Lipinski definition) is 3. The molecule has 3 nitrogen and oxygen atoms in total. The van der Waals surface area contributed by atoms with Crippen LogP contribution in [-0.4, -0.2) is 23.5 Å². The van der Waals surface area contributed by atoms with Crippen molar-refractivity contribution in [1.82, 2.24) is 4.98 Å². The Morgan fingerprint density at radius 2 is 2.24 bits per heavy atom. The summed E-state index contributed by atoms with van der Waals surface area (Å²) < 4.78 is 5.61. The molecule has 96 valence electrons. The number of pyridine rings is 1. The van der Waals surface area contributed by atoms with E-state index in [0.29, 0.717) is 6.61 Å². The first-order valence-electron chi connectivity index (χ1n) is 6.23. The summed E-state index contributed by atoms with van der Waals surface area (Å²) in [6.45, 7) is 5.64. The standard InChI is InChI=1S/C13H21ClN2O/c1-3-6-11(14)10-16-13-12(17-9-4-2)7-5-8-15-13/h5,7-8,11H,3-4,6,9-10H2,1-2H3,(H,15,16). The molecule has 0 spiro atoms. The molecule has 0 fully saturated rings. The van der Waals surface area contributed by atoms with Crippen molar-refractivity contribution in [2.45, 2.75) is 38.5 Å². The van der Waals surface area contributed by atoms with E-state index in [1.165, 1.54) is 0 Å². The van der Waals surface area contributed by atoms with Crippen LogP contribution < -0.4 is 10.1 Å². The maximum absolute atomic E-state index is 6.16. The largest absolute Gasteiger partial charge is 0.490 e. The van der Waals surface area contributed by atoms with Crippen LogP contribution in [0.3, 0.4) is 0 Å². The second-order valence-corrected chi connectivity index (χ2v) is 4.58. The van der Waals surface area contributed by atoms with Crippen molar-refractivity contribution in [3.8, 4) is 5.75 Å². The molecule has 0 amide bonds. The summed E-state index contributed by atoms with van der Waals surface area (Å²) in [4.78, 5) is 4.27. The van der Waals surface area contributed by atoms with Gasteiger partial charge in [0.2, 0.25) is 0 Å². The molecule has 0 aromatic carbocycles. The molecule has 0 aliphatic rings. The second kappa shape index (κ2) is 8.18. The average Bonchev–Trinajstić information content (AvgIpc) is 2.35. The van der Waals surface area contributed by atoms with Gasteiger partial charge in [-0.1, -0.05) is 20.3 Å². The van der Waals surface area contributed by atoms with Crippen LogP contribution in [0.15, 0.2) is 18.3 Å². The molecule has 0 bridgehead atoms. The molecule has 0 aliphatic carbocycles. The quantitative estimate of drug-likeness (QED) is 0.721. The normalized spacial score (nSPS) is 12.2. The van der Waals surface area contributed by atoms with Gasteiger partial charge in [0.25, 0.3) is 0 Å². The van der Waals surface area contributed by atoms with E-state index in [2.05, 4.69) is 24.1 Å². The summed E-state index contributed by atoms with van der Waals surface area (Å²) in [6, 6.07) is 3.80. The molecule has 0 aliphatic heterocycles. The average molecular weight is 257 g/mol. The lowest BCUT2D eigenvalue weighted by atomic mass is 10.2. The van der Waals surface area contributed by atoms with E-state index in [0.717, 1.165) is 37.4 Å². The Morgan fingerprint density at radius 1 is 1.41 bits per heavy atom. The number of halogens is 1. The summed E-state index contributed by atoms with van der Waals surface area (Å²) in [6.07, 6.45) is 4.84. The highest BCUT2D eigenvalue weighted by atomic mass is 35.5. The third-order valence-electron chi connectivity index (χ3n) is 2.33. The number of aromatic nitrogens is 1. The molecule has 1 atom stereocenters. The Bertz CT molecular complexity index is 320. The number of nitrogens with one attached hydrogen (secondary N) is 1.